The summed E-state index contributed by atoms with van der Waals surface area (Å²) in [6.45, 7) is 7.79. The molecular formula is C16H23F3N2. The first-order chi connectivity index (χ1) is 9.88. The molecular weight excluding hydrogens is 277 g/mol. The van der Waals surface area contributed by atoms with Crippen LogP contribution in [-0.2, 0) is 6.18 Å². The zero-order valence-electron chi connectivity index (χ0n) is 12.6. The summed E-state index contributed by atoms with van der Waals surface area (Å²) in [6.07, 6.45) is -3.40. The Hall–Kier alpha value is -1.07. The van der Waals surface area contributed by atoms with E-state index in [-0.39, 0.29) is 6.04 Å². The third-order valence-corrected chi connectivity index (χ3v) is 3.89. The SMILES string of the molecule is CC(C)C[C@H](c1cccc(C(F)(F)F)c1)N1CCNCC1. The molecule has 21 heavy (non-hydrogen) atoms. The van der Waals surface area contributed by atoms with Gasteiger partial charge in [-0.3, -0.25) is 4.90 Å². The second-order valence-electron chi connectivity index (χ2n) is 6.05. The molecule has 1 aromatic rings. The lowest BCUT2D eigenvalue weighted by Gasteiger charge is -2.36. The van der Waals surface area contributed by atoms with Crippen molar-refractivity contribution in [3.8, 4) is 0 Å². The smallest absolute Gasteiger partial charge is 0.314 e. The molecule has 1 heterocycles. The van der Waals surface area contributed by atoms with Crippen molar-refractivity contribution < 1.29 is 13.2 Å². The van der Waals surface area contributed by atoms with Crippen molar-refractivity contribution in [3.63, 3.8) is 0 Å². The summed E-state index contributed by atoms with van der Waals surface area (Å²) in [5.74, 6) is 0.444. The number of halogens is 3. The zero-order chi connectivity index (χ0) is 15.5. The van der Waals surface area contributed by atoms with Crippen LogP contribution in [0.1, 0.15) is 37.4 Å². The van der Waals surface area contributed by atoms with Gasteiger partial charge in [0.15, 0.2) is 0 Å². The molecule has 1 fully saturated rings. The van der Waals surface area contributed by atoms with E-state index in [0.29, 0.717) is 5.92 Å². The maximum atomic E-state index is 12.9. The first-order valence-electron chi connectivity index (χ1n) is 7.50. The van der Waals surface area contributed by atoms with E-state index in [2.05, 4.69) is 24.1 Å². The van der Waals surface area contributed by atoms with Gasteiger partial charge in [0.05, 0.1) is 5.56 Å². The van der Waals surface area contributed by atoms with E-state index < -0.39 is 11.7 Å². The Morgan fingerprint density at radius 3 is 2.43 bits per heavy atom. The van der Waals surface area contributed by atoms with Gasteiger partial charge in [-0.2, -0.15) is 13.2 Å². The van der Waals surface area contributed by atoms with Crippen LogP contribution in [0.25, 0.3) is 0 Å². The summed E-state index contributed by atoms with van der Waals surface area (Å²) in [4.78, 5) is 2.30. The summed E-state index contributed by atoms with van der Waals surface area (Å²) >= 11 is 0. The topological polar surface area (TPSA) is 15.3 Å². The first-order valence-corrected chi connectivity index (χ1v) is 7.50. The van der Waals surface area contributed by atoms with Gasteiger partial charge < -0.3 is 5.32 Å². The van der Waals surface area contributed by atoms with Crippen LogP contribution in [-0.4, -0.2) is 31.1 Å². The number of benzene rings is 1. The lowest BCUT2D eigenvalue weighted by Crippen LogP contribution is -2.45. The van der Waals surface area contributed by atoms with E-state index in [1.54, 1.807) is 0 Å². The van der Waals surface area contributed by atoms with Gasteiger partial charge in [0.1, 0.15) is 0 Å². The molecule has 2 nitrogen and oxygen atoms in total. The number of nitrogens with zero attached hydrogens (tertiary/aromatic N) is 1. The number of alkyl halides is 3. The molecule has 1 aliphatic heterocycles. The molecule has 0 spiro atoms. The normalized spacial score (nSPS) is 19.0. The molecule has 1 saturated heterocycles. The van der Waals surface area contributed by atoms with E-state index in [0.717, 1.165) is 44.2 Å². The summed E-state index contributed by atoms with van der Waals surface area (Å²) < 4.78 is 38.7. The van der Waals surface area contributed by atoms with E-state index in [1.165, 1.54) is 12.1 Å². The van der Waals surface area contributed by atoms with Crippen LogP contribution >= 0.6 is 0 Å². The minimum Gasteiger partial charge on any atom is -0.314 e. The van der Waals surface area contributed by atoms with E-state index >= 15 is 0 Å². The van der Waals surface area contributed by atoms with Gasteiger partial charge in [-0.05, 0) is 30.0 Å². The minimum atomic E-state index is -4.28. The lowest BCUT2D eigenvalue weighted by molar-refractivity contribution is -0.137. The minimum absolute atomic E-state index is 0.0643. The molecule has 118 valence electrons. The molecule has 0 bridgehead atoms. The predicted molar refractivity (Wildman–Crippen MR) is 78.1 cm³/mol. The second-order valence-corrected chi connectivity index (χ2v) is 6.05. The van der Waals surface area contributed by atoms with Gasteiger partial charge in [0.25, 0.3) is 0 Å². The number of hydrogen-bond donors (Lipinski definition) is 1. The molecule has 1 N–H and O–H groups in total. The Morgan fingerprint density at radius 2 is 1.86 bits per heavy atom. The van der Waals surface area contributed by atoms with Crippen molar-refractivity contribution in [1.29, 1.82) is 0 Å². The average Bonchev–Trinajstić information content (AvgIpc) is 2.45. The standard InChI is InChI=1S/C16H23F3N2/c1-12(2)10-15(21-8-6-20-7-9-21)13-4-3-5-14(11-13)16(17,18)19/h3-5,11-12,15,20H,6-10H2,1-2H3/t15-/m1/s1. The average molecular weight is 300 g/mol. The molecule has 0 amide bonds. The highest BCUT2D eigenvalue weighted by Gasteiger charge is 2.32. The summed E-state index contributed by atoms with van der Waals surface area (Å²) in [6, 6.07) is 5.87. The quantitative estimate of drug-likeness (QED) is 0.912. The van der Waals surface area contributed by atoms with E-state index in [4.69, 9.17) is 0 Å². The molecule has 1 aromatic carbocycles. The molecule has 0 radical (unpaired) electrons. The number of nitrogens with one attached hydrogen (secondary N) is 1. The Kier molecular flexibility index (Phi) is 5.27. The van der Waals surface area contributed by atoms with Crippen molar-refractivity contribution in [2.45, 2.75) is 32.5 Å². The maximum absolute atomic E-state index is 12.9. The van der Waals surface area contributed by atoms with Gasteiger partial charge in [0, 0.05) is 32.2 Å². The molecule has 1 atom stereocenters. The van der Waals surface area contributed by atoms with Crippen molar-refractivity contribution in [2.75, 3.05) is 26.2 Å². The van der Waals surface area contributed by atoms with Gasteiger partial charge in [-0.15, -0.1) is 0 Å². The Bertz CT molecular complexity index is 451. The Morgan fingerprint density at radius 1 is 1.19 bits per heavy atom. The Balaban J connectivity index is 2.27. The first kappa shape index (κ1) is 16.3. The van der Waals surface area contributed by atoms with Crippen molar-refractivity contribution >= 4 is 0 Å². The fourth-order valence-corrected chi connectivity index (χ4v) is 2.86. The van der Waals surface area contributed by atoms with Crippen molar-refractivity contribution in [1.82, 2.24) is 10.2 Å². The van der Waals surface area contributed by atoms with E-state index in [9.17, 15) is 13.2 Å². The Labute approximate surface area is 124 Å². The van der Waals surface area contributed by atoms with Crippen LogP contribution in [0.5, 0.6) is 0 Å². The van der Waals surface area contributed by atoms with E-state index in [1.807, 2.05) is 6.07 Å². The summed E-state index contributed by atoms with van der Waals surface area (Å²) in [5, 5.41) is 3.29. The lowest BCUT2D eigenvalue weighted by atomic mass is 9.94. The van der Waals surface area contributed by atoms with Crippen molar-refractivity contribution in [2.24, 2.45) is 5.92 Å². The van der Waals surface area contributed by atoms with Crippen molar-refractivity contribution in [3.05, 3.63) is 35.4 Å². The van der Waals surface area contributed by atoms with Crippen LogP contribution in [0.2, 0.25) is 0 Å². The number of rotatable bonds is 4. The third kappa shape index (κ3) is 4.45. The molecule has 0 aromatic heterocycles. The molecule has 0 unspecified atom stereocenters. The fourth-order valence-electron chi connectivity index (χ4n) is 2.86. The highest BCUT2D eigenvalue weighted by molar-refractivity contribution is 5.28. The molecule has 5 heteroatoms. The second kappa shape index (κ2) is 6.79. The van der Waals surface area contributed by atoms with Crippen LogP contribution < -0.4 is 5.32 Å². The molecule has 0 aliphatic carbocycles. The summed E-state index contributed by atoms with van der Waals surface area (Å²) in [5.41, 5.74) is 0.226. The fraction of sp³-hybridized carbons (Fsp3) is 0.625. The van der Waals surface area contributed by atoms with Gasteiger partial charge in [0.2, 0.25) is 0 Å². The number of piperazine rings is 1. The highest BCUT2D eigenvalue weighted by Crippen LogP contribution is 2.34. The third-order valence-electron chi connectivity index (χ3n) is 3.89. The monoisotopic (exact) mass is 300 g/mol. The van der Waals surface area contributed by atoms with Crippen LogP contribution in [0, 0.1) is 5.92 Å². The highest BCUT2D eigenvalue weighted by atomic mass is 19.4. The zero-order valence-corrected chi connectivity index (χ0v) is 12.6. The predicted octanol–water partition coefficient (Wildman–Crippen LogP) is 3.70. The van der Waals surface area contributed by atoms with Gasteiger partial charge in [-0.25, -0.2) is 0 Å². The molecule has 0 saturated carbocycles. The van der Waals surface area contributed by atoms with Crippen LogP contribution in [0.15, 0.2) is 24.3 Å². The van der Waals surface area contributed by atoms with Gasteiger partial charge >= 0.3 is 6.18 Å². The maximum Gasteiger partial charge on any atom is 0.416 e. The molecule has 1 aliphatic rings. The van der Waals surface area contributed by atoms with Gasteiger partial charge in [-0.1, -0.05) is 26.0 Å². The summed E-state index contributed by atoms with van der Waals surface area (Å²) in [7, 11) is 0. The van der Waals surface area contributed by atoms with Crippen LogP contribution in [0.3, 0.4) is 0 Å². The van der Waals surface area contributed by atoms with Crippen LogP contribution in [0.4, 0.5) is 13.2 Å². The molecule has 2 rings (SSSR count). The number of hydrogen-bond acceptors (Lipinski definition) is 2. The largest absolute Gasteiger partial charge is 0.416 e.